The van der Waals surface area contributed by atoms with E-state index in [9.17, 15) is 0 Å². The van der Waals surface area contributed by atoms with Crippen LogP contribution in [0.3, 0.4) is 0 Å². The summed E-state index contributed by atoms with van der Waals surface area (Å²) in [5, 5.41) is 22.1. The van der Waals surface area contributed by atoms with Crippen molar-refractivity contribution in [2.45, 2.75) is 0 Å². The highest BCUT2D eigenvalue weighted by Crippen LogP contribution is 2.38. The first kappa shape index (κ1) is 14.0. The minimum absolute atomic E-state index is 0.0602. The van der Waals surface area contributed by atoms with Crippen molar-refractivity contribution in [3.8, 4) is 23.4 Å². The number of hydrogen-bond acceptors (Lipinski definition) is 6. The molecular weight excluding hydrogens is 318 g/mol. The van der Waals surface area contributed by atoms with Crippen LogP contribution in [0.1, 0.15) is 0 Å². The quantitative estimate of drug-likeness (QED) is 0.806. The Labute approximate surface area is 133 Å². The lowest BCUT2D eigenvalue weighted by molar-refractivity contribution is 1.33. The first-order chi connectivity index (χ1) is 10.3. The van der Waals surface area contributed by atoms with Crippen LogP contribution in [0.5, 0.6) is 0 Å². The molecule has 0 bridgehead atoms. The Bertz CT molecular complexity index is 886. The first-order valence-corrected chi connectivity index (χ1v) is 8.50. The largest absolute Gasteiger partial charge is 0.234 e. The molecule has 0 unspecified atom stereocenters. The molecule has 0 saturated heterocycles. The van der Waals surface area contributed by atoms with Gasteiger partial charge in [-0.05, 0) is 10.8 Å². The number of rotatable bonds is 1. The Morgan fingerprint density at radius 2 is 1.67 bits per heavy atom. The van der Waals surface area contributed by atoms with Crippen LogP contribution in [-0.2, 0) is 0 Å². The Kier molecular flexibility index (Phi) is 4.12. The number of thioether (sulfide) groups is 2. The van der Waals surface area contributed by atoms with E-state index in [4.69, 9.17) is 10.5 Å². The summed E-state index contributed by atoms with van der Waals surface area (Å²) in [4.78, 5) is 4.53. The average Bonchev–Trinajstić information content (AvgIpc) is 3.18. The second kappa shape index (κ2) is 6.19. The van der Waals surface area contributed by atoms with E-state index in [1.54, 1.807) is 23.5 Å². The zero-order chi connectivity index (χ0) is 14.7. The van der Waals surface area contributed by atoms with Crippen LogP contribution < -0.4 is 9.20 Å². The molecule has 0 aliphatic carbocycles. The van der Waals surface area contributed by atoms with Gasteiger partial charge in [0.15, 0.2) is 5.57 Å². The van der Waals surface area contributed by atoms with Gasteiger partial charge >= 0.3 is 0 Å². The highest BCUT2D eigenvalue weighted by atomic mass is 32.2. The third-order valence-corrected chi connectivity index (χ3v) is 6.18. The van der Waals surface area contributed by atoms with Crippen molar-refractivity contribution in [2.24, 2.45) is 0 Å². The molecule has 0 radical (unpaired) electrons. The van der Waals surface area contributed by atoms with E-state index in [0.29, 0.717) is 4.66 Å². The second-order valence-electron chi connectivity index (χ2n) is 3.96. The van der Waals surface area contributed by atoms with Gasteiger partial charge in [-0.25, -0.2) is 4.98 Å². The average molecular weight is 325 g/mol. The monoisotopic (exact) mass is 325 g/mol. The first-order valence-electron chi connectivity index (χ1n) is 5.93. The van der Waals surface area contributed by atoms with Crippen molar-refractivity contribution in [1.29, 1.82) is 10.5 Å². The molecule has 0 saturated carbocycles. The van der Waals surface area contributed by atoms with E-state index < -0.39 is 0 Å². The van der Waals surface area contributed by atoms with Gasteiger partial charge in [-0.3, -0.25) is 0 Å². The van der Waals surface area contributed by atoms with Crippen LogP contribution in [0.2, 0.25) is 0 Å². The number of nitriles is 2. The van der Waals surface area contributed by atoms with Gasteiger partial charge in [0.2, 0.25) is 0 Å². The van der Waals surface area contributed by atoms with Crippen molar-refractivity contribution >= 4 is 44.7 Å². The molecule has 1 aliphatic rings. The zero-order valence-corrected chi connectivity index (χ0v) is 13.1. The van der Waals surface area contributed by atoms with Gasteiger partial charge in [-0.2, -0.15) is 10.5 Å². The van der Waals surface area contributed by atoms with E-state index in [1.165, 1.54) is 11.3 Å². The van der Waals surface area contributed by atoms with Crippen molar-refractivity contribution in [3.05, 3.63) is 50.3 Å². The van der Waals surface area contributed by atoms with Gasteiger partial charge in [0.25, 0.3) is 0 Å². The number of benzene rings is 1. The lowest BCUT2D eigenvalue weighted by atomic mass is 10.2. The maximum atomic E-state index is 9.04. The van der Waals surface area contributed by atoms with Crippen molar-refractivity contribution in [1.82, 2.24) is 4.98 Å². The van der Waals surface area contributed by atoms with Gasteiger partial charge in [0, 0.05) is 5.56 Å². The molecule has 1 aromatic carbocycles. The zero-order valence-electron chi connectivity index (χ0n) is 10.6. The van der Waals surface area contributed by atoms with Gasteiger partial charge in [-0.1, -0.05) is 53.9 Å². The summed E-state index contributed by atoms with van der Waals surface area (Å²) in [5.41, 5.74) is 1.88. The van der Waals surface area contributed by atoms with E-state index in [-0.39, 0.29) is 5.57 Å². The Hall–Kier alpha value is -1.99. The lowest BCUT2D eigenvalue weighted by Crippen LogP contribution is -2.01. The number of nitrogens with zero attached hydrogens (tertiary/aromatic N) is 3. The Morgan fingerprint density at radius 3 is 2.29 bits per heavy atom. The molecule has 0 fully saturated rings. The smallest absolute Gasteiger partial charge is 0.165 e. The molecule has 1 aliphatic heterocycles. The number of aromatic nitrogens is 1. The SMILES string of the molecule is N#CC(C#N)=c1nc(-c2ccccc2)c(=C2SC=CS2)s1. The maximum absolute atomic E-state index is 9.04. The third kappa shape index (κ3) is 2.74. The van der Waals surface area contributed by atoms with Crippen molar-refractivity contribution < 1.29 is 0 Å². The molecule has 100 valence electrons. The molecule has 1 aromatic heterocycles. The molecule has 21 heavy (non-hydrogen) atoms. The summed E-state index contributed by atoms with van der Waals surface area (Å²) in [6.07, 6.45) is 0. The summed E-state index contributed by atoms with van der Waals surface area (Å²) >= 11 is 4.67. The lowest BCUT2D eigenvalue weighted by Gasteiger charge is -1.97. The molecule has 0 atom stereocenters. The fourth-order valence-corrected chi connectivity index (χ4v) is 4.85. The molecule has 6 heteroatoms. The summed E-state index contributed by atoms with van der Waals surface area (Å²) in [5.74, 6) is 0. The normalized spacial score (nSPS) is 13.0. The molecular formula is C15H7N3S3. The molecule has 3 rings (SSSR count). The molecule has 3 nitrogen and oxygen atoms in total. The minimum Gasteiger partial charge on any atom is -0.234 e. The van der Waals surface area contributed by atoms with E-state index >= 15 is 0 Å². The summed E-state index contributed by atoms with van der Waals surface area (Å²) in [7, 11) is 0. The molecule has 0 N–H and O–H groups in total. The summed E-state index contributed by atoms with van der Waals surface area (Å²) in [6, 6.07) is 13.7. The fraction of sp³-hybridized carbons (Fsp3) is 0. The van der Waals surface area contributed by atoms with E-state index in [1.807, 2.05) is 53.3 Å². The summed E-state index contributed by atoms with van der Waals surface area (Å²) < 4.78 is 2.63. The van der Waals surface area contributed by atoms with Gasteiger partial charge in [0.1, 0.15) is 16.8 Å². The maximum Gasteiger partial charge on any atom is 0.165 e. The Morgan fingerprint density at radius 1 is 1.00 bits per heavy atom. The van der Waals surface area contributed by atoms with Crippen LogP contribution in [-0.4, -0.2) is 4.98 Å². The van der Waals surface area contributed by atoms with Gasteiger partial charge < -0.3 is 0 Å². The molecule has 2 aromatic rings. The van der Waals surface area contributed by atoms with Crippen LogP contribution >= 0.6 is 34.9 Å². The van der Waals surface area contributed by atoms with Crippen molar-refractivity contribution in [3.63, 3.8) is 0 Å². The van der Waals surface area contributed by atoms with Crippen LogP contribution in [0.4, 0.5) is 0 Å². The molecule has 0 amide bonds. The molecule has 2 heterocycles. The number of hydrogen-bond donors (Lipinski definition) is 0. The van der Waals surface area contributed by atoms with Crippen LogP contribution in [0, 0.1) is 22.7 Å². The standard InChI is InChI=1S/C15H7N3S3/c16-8-11(9-17)14-18-12(10-4-2-1-3-5-10)13(21-14)15-19-6-7-20-15/h1-7H. The highest BCUT2D eigenvalue weighted by Gasteiger charge is 2.13. The predicted octanol–water partition coefficient (Wildman–Crippen LogP) is 3.02. The van der Waals surface area contributed by atoms with Gasteiger partial charge in [-0.15, -0.1) is 11.3 Å². The second-order valence-corrected chi connectivity index (χ2v) is 7.05. The van der Waals surface area contributed by atoms with E-state index in [0.717, 1.165) is 20.0 Å². The predicted molar refractivity (Wildman–Crippen MR) is 89.2 cm³/mol. The fourth-order valence-electron chi connectivity index (χ4n) is 1.79. The van der Waals surface area contributed by atoms with Crippen LogP contribution in [0.15, 0.2) is 41.1 Å². The van der Waals surface area contributed by atoms with Crippen LogP contribution in [0.25, 0.3) is 21.1 Å². The highest BCUT2D eigenvalue weighted by molar-refractivity contribution is 8.34. The number of thiazole rings is 1. The summed E-state index contributed by atoms with van der Waals surface area (Å²) in [6.45, 7) is 0. The Balaban J connectivity index is 2.35. The van der Waals surface area contributed by atoms with Crippen molar-refractivity contribution in [2.75, 3.05) is 0 Å². The van der Waals surface area contributed by atoms with E-state index in [2.05, 4.69) is 4.98 Å². The topological polar surface area (TPSA) is 60.5 Å². The third-order valence-electron chi connectivity index (χ3n) is 2.70. The van der Waals surface area contributed by atoms with Gasteiger partial charge in [0.05, 0.1) is 14.5 Å². The minimum atomic E-state index is 0.0602. The molecule has 0 spiro atoms.